The van der Waals surface area contributed by atoms with E-state index in [0.29, 0.717) is 10.8 Å². The number of allylic oxidation sites excluding steroid dienone is 4. The Balaban J connectivity index is 1.49. The largest absolute Gasteiger partial charge is 0.264 e. The van der Waals surface area contributed by atoms with Gasteiger partial charge >= 0.3 is 0 Å². The molecular weight excluding hydrogens is 302 g/mol. The van der Waals surface area contributed by atoms with Crippen molar-refractivity contribution in [1.29, 1.82) is 0 Å². The zero-order chi connectivity index (χ0) is 17.1. The number of aromatic nitrogens is 1. The predicted molar refractivity (Wildman–Crippen MR) is 104 cm³/mol. The maximum Gasteiger partial charge on any atom is 0.0343 e. The lowest BCUT2D eigenvalue weighted by Crippen LogP contribution is -2.48. The monoisotopic (exact) mass is 333 g/mol. The van der Waals surface area contributed by atoms with Crippen LogP contribution in [0.2, 0.25) is 0 Å². The third-order valence-electron chi connectivity index (χ3n) is 8.57. The summed E-state index contributed by atoms with van der Waals surface area (Å²) in [5, 5.41) is 0. The number of hydrogen-bond acceptors (Lipinski definition) is 1. The van der Waals surface area contributed by atoms with Crippen molar-refractivity contribution < 1.29 is 0 Å². The van der Waals surface area contributed by atoms with E-state index in [2.05, 4.69) is 49.3 Å². The zero-order valence-electron chi connectivity index (χ0n) is 15.8. The highest BCUT2D eigenvalue weighted by Gasteiger charge is 2.56. The molecule has 0 amide bonds. The number of pyridine rings is 1. The first-order chi connectivity index (χ1) is 12.1. The third kappa shape index (κ3) is 2.17. The molecule has 0 aliphatic heterocycles. The summed E-state index contributed by atoms with van der Waals surface area (Å²) >= 11 is 0. The van der Waals surface area contributed by atoms with Gasteiger partial charge < -0.3 is 0 Å². The molecule has 25 heavy (non-hydrogen) atoms. The van der Waals surface area contributed by atoms with Crippen LogP contribution in [0.4, 0.5) is 0 Å². The summed E-state index contributed by atoms with van der Waals surface area (Å²) < 4.78 is 0. The Kier molecular flexibility index (Phi) is 3.53. The van der Waals surface area contributed by atoms with Gasteiger partial charge in [0.1, 0.15) is 0 Å². The van der Waals surface area contributed by atoms with Crippen LogP contribution in [0.5, 0.6) is 0 Å². The first-order valence-corrected chi connectivity index (χ1v) is 10.4. The van der Waals surface area contributed by atoms with E-state index in [1.165, 1.54) is 56.9 Å². The van der Waals surface area contributed by atoms with Crippen LogP contribution >= 0.6 is 0 Å². The molecule has 1 aromatic rings. The Labute approximate surface area is 152 Å². The molecule has 1 nitrogen and oxygen atoms in total. The number of fused-ring (bicyclic) bond motifs is 5. The standard InChI is InChI=1S/C24H31N/c1-23-13-4-3-7-18(23)8-9-19-21-11-10-20(17-6-5-15-25-16-17)24(21,2)14-12-22(19)23/h5-6,8,10,15-16,19,21-22H,3-4,7,9,11-14H2,1-2H3/t19-,21-,22+,23-,24+/m0/s1. The predicted octanol–water partition coefficient (Wildman–Crippen LogP) is 6.43. The van der Waals surface area contributed by atoms with E-state index in [-0.39, 0.29) is 0 Å². The van der Waals surface area contributed by atoms with E-state index >= 15 is 0 Å². The van der Waals surface area contributed by atoms with Crippen molar-refractivity contribution in [3.63, 3.8) is 0 Å². The lowest BCUT2D eigenvalue weighted by molar-refractivity contribution is -0.00980. The average molecular weight is 334 g/mol. The van der Waals surface area contributed by atoms with Crippen molar-refractivity contribution in [3.05, 3.63) is 47.8 Å². The maximum absolute atomic E-state index is 4.39. The molecule has 5 atom stereocenters. The first kappa shape index (κ1) is 15.9. The molecule has 0 bridgehead atoms. The van der Waals surface area contributed by atoms with E-state index in [4.69, 9.17) is 0 Å². The van der Waals surface area contributed by atoms with Crippen molar-refractivity contribution in [2.45, 2.75) is 65.2 Å². The second-order valence-corrected chi connectivity index (χ2v) is 9.52. The topological polar surface area (TPSA) is 12.9 Å². The van der Waals surface area contributed by atoms with Gasteiger partial charge in [0.2, 0.25) is 0 Å². The summed E-state index contributed by atoms with van der Waals surface area (Å²) in [4.78, 5) is 4.39. The molecular formula is C24H31N. The molecule has 1 heteroatoms. The Bertz CT molecular complexity index is 730. The molecule has 0 aromatic carbocycles. The summed E-state index contributed by atoms with van der Waals surface area (Å²) in [5.41, 5.74) is 5.65. The summed E-state index contributed by atoms with van der Waals surface area (Å²) in [6.45, 7) is 5.17. The molecule has 5 rings (SSSR count). The minimum absolute atomic E-state index is 0.362. The second-order valence-electron chi connectivity index (χ2n) is 9.52. The van der Waals surface area contributed by atoms with Crippen LogP contribution < -0.4 is 0 Å². The normalized spacial score (nSPS) is 42.7. The highest BCUT2D eigenvalue weighted by Crippen LogP contribution is 2.66. The SMILES string of the molecule is C[C@]12CCCCC1=CC[C@@H]1[C@H]2CC[C@]2(C)C(c3cccnc3)=CC[C@@H]12. The molecule has 0 unspecified atom stereocenters. The van der Waals surface area contributed by atoms with Gasteiger partial charge in [0.05, 0.1) is 0 Å². The number of nitrogens with zero attached hydrogens (tertiary/aromatic N) is 1. The maximum atomic E-state index is 4.39. The highest BCUT2D eigenvalue weighted by molar-refractivity contribution is 5.72. The van der Waals surface area contributed by atoms with Crippen molar-refractivity contribution in [2.24, 2.45) is 28.6 Å². The van der Waals surface area contributed by atoms with Crippen LogP contribution in [0, 0.1) is 28.6 Å². The molecule has 4 aliphatic carbocycles. The Morgan fingerprint density at radius 2 is 1.92 bits per heavy atom. The van der Waals surface area contributed by atoms with Crippen LogP contribution in [-0.4, -0.2) is 4.98 Å². The molecule has 132 valence electrons. The van der Waals surface area contributed by atoms with Gasteiger partial charge in [-0.1, -0.05) is 44.1 Å². The van der Waals surface area contributed by atoms with Crippen molar-refractivity contribution >= 4 is 5.57 Å². The van der Waals surface area contributed by atoms with E-state index in [0.717, 1.165) is 17.8 Å². The van der Waals surface area contributed by atoms with Gasteiger partial charge in [-0.25, -0.2) is 0 Å². The molecule has 0 radical (unpaired) electrons. The van der Waals surface area contributed by atoms with Crippen LogP contribution in [0.15, 0.2) is 42.3 Å². The number of hydrogen-bond donors (Lipinski definition) is 0. The van der Waals surface area contributed by atoms with Crippen LogP contribution in [0.3, 0.4) is 0 Å². The van der Waals surface area contributed by atoms with Gasteiger partial charge in [0.15, 0.2) is 0 Å². The van der Waals surface area contributed by atoms with E-state index in [1.54, 1.807) is 5.57 Å². The smallest absolute Gasteiger partial charge is 0.0343 e. The fourth-order valence-corrected chi connectivity index (χ4v) is 7.24. The van der Waals surface area contributed by atoms with Crippen molar-refractivity contribution in [1.82, 2.24) is 4.98 Å². The second kappa shape index (κ2) is 5.56. The molecule has 1 aromatic heterocycles. The van der Waals surface area contributed by atoms with Gasteiger partial charge in [0.25, 0.3) is 0 Å². The fraction of sp³-hybridized carbons (Fsp3) is 0.625. The van der Waals surface area contributed by atoms with E-state index in [9.17, 15) is 0 Å². The Hall–Kier alpha value is -1.37. The lowest BCUT2D eigenvalue weighted by Gasteiger charge is -2.57. The lowest BCUT2D eigenvalue weighted by atomic mass is 9.47. The van der Waals surface area contributed by atoms with Gasteiger partial charge in [-0.3, -0.25) is 4.98 Å². The van der Waals surface area contributed by atoms with Crippen LogP contribution in [0.25, 0.3) is 5.57 Å². The average Bonchev–Trinajstić information content (AvgIpc) is 2.99. The molecule has 0 saturated heterocycles. The van der Waals surface area contributed by atoms with Crippen LogP contribution in [-0.2, 0) is 0 Å². The van der Waals surface area contributed by atoms with Gasteiger partial charge in [-0.2, -0.15) is 0 Å². The highest BCUT2D eigenvalue weighted by atomic mass is 14.6. The summed E-state index contributed by atoms with van der Waals surface area (Å²) in [5.74, 6) is 2.64. The molecule has 2 fully saturated rings. The first-order valence-electron chi connectivity index (χ1n) is 10.4. The third-order valence-corrected chi connectivity index (χ3v) is 8.57. The van der Waals surface area contributed by atoms with Gasteiger partial charge in [0, 0.05) is 12.4 Å². The summed E-state index contributed by atoms with van der Waals surface area (Å²) in [7, 11) is 0. The molecule has 4 aliphatic rings. The Morgan fingerprint density at radius 3 is 2.76 bits per heavy atom. The summed E-state index contributed by atoms with van der Waals surface area (Å²) in [6, 6.07) is 4.36. The minimum atomic E-state index is 0.362. The fourth-order valence-electron chi connectivity index (χ4n) is 7.24. The number of rotatable bonds is 1. The molecule has 1 heterocycles. The minimum Gasteiger partial charge on any atom is -0.264 e. The van der Waals surface area contributed by atoms with Crippen molar-refractivity contribution in [2.75, 3.05) is 0 Å². The zero-order valence-corrected chi connectivity index (χ0v) is 15.8. The summed E-state index contributed by atoms with van der Waals surface area (Å²) in [6.07, 6.45) is 20.3. The van der Waals surface area contributed by atoms with Gasteiger partial charge in [-0.15, -0.1) is 0 Å². The van der Waals surface area contributed by atoms with Crippen molar-refractivity contribution in [3.8, 4) is 0 Å². The molecule has 0 spiro atoms. The van der Waals surface area contributed by atoms with E-state index < -0.39 is 0 Å². The Morgan fingerprint density at radius 1 is 1.00 bits per heavy atom. The molecule has 2 saturated carbocycles. The van der Waals surface area contributed by atoms with Crippen LogP contribution in [0.1, 0.15) is 70.8 Å². The van der Waals surface area contributed by atoms with Gasteiger partial charge in [-0.05, 0) is 90.7 Å². The quantitative estimate of drug-likeness (QED) is 0.540. The van der Waals surface area contributed by atoms with E-state index in [1.807, 2.05) is 11.8 Å². The molecule has 0 N–H and O–H groups in total.